The van der Waals surface area contributed by atoms with Crippen LogP contribution in [0.4, 0.5) is 0 Å². The molecule has 8 nitrogen and oxygen atoms in total. The fourth-order valence-electron chi connectivity index (χ4n) is 3.83. The minimum absolute atomic E-state index is 0.0601. The molecule has 0 aliphatic heterocycles. The van der Waals surface area contributed by atoms with Gasteiger partial charge in [0.25, 0.3) is 11.5 Å². The van der Waals surface area contributed by atoms with Gasteiger partial charge in [0.1, 0.15) is 16.9 Å². The van der Waals surface area contributed by atoms with Crippen LogP contribution in [0.3, 0.4) is 0 Å². The smallest absolute Gasteiger partial charge is 0.341 e. The number of carbonyl (C=O) groups is 2. The zero-order chi connectivity index (χ0) is 24.1. The lowest BCUT2D eigenvalue weighted by Crippen LogP contribution is -2.33. The standard InChI is InChI=1S/C26H26N4O4/c1-3-5-10-16-30-22-19(25(32)29-15-11-9-14-21(29)27-22)17-20(26(33)34-4-2)23(30)28-24(31)18-12-7-6-8-13-18/h6-9,11-15,17H,3-5,10,16H2,1-2H3. The molecule has 0 bridgehead atoms. The van der Waals surface area contributed by atoms with E-state index in [4.69, 9.17) is 9.72 Å². The van der Waals surface area contributed by atoms with Crippen LogP contribution in [0, 0.1) is 0 Å². The van der Waals surface area contributed by atoms with Crippen molar-refractivity contribution in [3.8, 4) is 0 Å². The highest BCUT2D eigenvalue weighted by atomic mass is 16.5. The van der Waals surface area contributed by atoms with E-state index in [1.54, 1.807) is 60.2 Å². The van der Waals surface area contributed by atoms with Gasteiger partial charge in [-0.05, 0) is 43.7 Å². The number of aromatic nitrogens is 3. The van der Waals surface area contributed by atoms with E-state index in [2.05, 4.69) is 11.9 Å². The molecule has 0 radical (unpaired) electrons. The molecule has 0 aliphatic carbocycles. The molecule has 3 heterocycles. The molecule has 34 heavy (non-hydrogen) atoms. The molecule has 0 N–H and O–H groups in total. The number of benzene rings is 1. The molecule has 174 valence electrons. The molecule has 0 saturated heterocycles. The van der Waals surface area contributed by atoms with Gasteiger partial charge in [-0.1, -0.05) is 44.0 Å². The Morgan fingerprint density at radius 3 is 2.53 bits per heavy atom. The van der Waals surface area contributed by atoms with Gasteiger partial charge in [0, 0.05) is 18.3 Å². The summed E-state index contributed by atoms with van der Waals surface area (Å²) in [5.74, 6) is -1.14. The predicted octanol–water partition coefficient (Wildman–Crippen LogP) is 3.76. The van der Waals surface area contributed by atoms with Crippen molar-refractivity contribution >= 4 is 28.6 Å². The van der Waals surface area contributed by atoms with Crippen molar-refractivity contribution in [2.75, 3.05) is 6.61 Å². The normalized spacial score (nSPS) is 11.8. The Kier molecular flexibility index (Phi) is 6.96. The van der Waals surface area contributed by atoms with Gasteiger partial charge in [-0.2, -0.15) is 4.99 Å². The lowest BCUT2D eigenvalue weighted by atomic mass is 10.2. The van der Waals surface area contributed by atoms with Crippen molar-refractivity contribution in [2.24, 2.45) is 4.99 Å². The van der Waals surface area contributed by atoms with Gasteiger partial charge >= 0.3 is 5.97 Å². The summed E-state index contributed by atoms with van der Waals surface area (Å²) in [4.78, 5) is 48.3. The number of nitrogens with zero attached hydrogens (tertiary/aromatic N) is 4. The second kappa shape index (κ2) is 10.2. The number of ether oxygens (including phenoxy) is 1. The molecule has 0 fully saturated rings. The lowest BCUT2D eigenvalue weighted by molar-refractivity contribution is 0.0523. The molecule has 0 unspecified atom stereocenters. The third-order valence-corrected chi connectivity index (χ3v) is 5.50. The van der Waals surface area contributed by atoms with E-state index in [9.17, 15) is 14.4 Å². The Morgan fingerprint density at radius 1 is 1.03 bits per heavy atom. The molecule has 1 aromatic carbocycles. The highest BCUT2D eigenvalue weighted by molar-refractivity contribution is 5.97. The quantitative estimate of drug-likeness (QED) is 0.239. The van der Waals surface area contributed by atoms with E-state index in [1.165, 1.54) is 10.5 Å². The summed E-state index contributed by atoms with van der Waals surface area (Å²) in [6.45, 7) is 4.37. The number of fused-ring (bicyclic) bond motifs is 2. The molecular weight excluding hydrogens is 432 g/mol. The highest BCUT2D eigenvalue weighted by Crippen LogP contribution is 2.13. The molecule has 4 aromatic rings. The maximum Gasteiger partial charge on any atom is 0.341 e. The van der Waals surface area contributed by atoms with Gasteiger partial charge in [0.2, 0.25) is 0 Å². The number of aryl methyl sites for hydroxylation is 1. The maximum atomic E-state index is 13.3. The van der Waals surface area contributed by atoms with Crippen molar-refractivity contribution in [2.45, 2.75) is 39.7 Å². The SMILES string of the molecule is CCCCCn1c(=NC(=O)c2ccccc2)c(C(=O)OCC)cc2c(=O)n3ccccc3nc21. The van der Waals surface area contributed by atoms with Gasteiger partial charge in [0.05, 0.1) is 12.0 Å². The Bertz CT molecular complexity index is 1490. The van der Waals surface area contributed by atoms with Crippen LogP contribution in [-0.4, -0.2) is 32.4 Å². The summed E-state index contributed by atoms with van der Waals surface area (Å²) < 4.78 is 8.39. The lowest BCUT2D eigenvalue weighted by Gasteiger charge is -2.15. The summed E-state index contributed by atoms with van der Waals surface area (Å²) in [5.41, 5.74) is 1.13. The first-order valence-corrected chi connectivity index (χ1v) is 11.4. The molecule has 1 amide bonds. The number of esters is 1. The first-order valence-electron chi connectivity index (χ1n) is 11.4. The Balaban J connectivity index is 2.09. The van der Waals surface area contributed by atoms with E-state index >= 15 is 0 Å². The summed E-state index contributed by atoms with van der Waals surface area (Å²) in [6, 6.07) is 15.4. The van der Waals surface area contributed by atoms with Gasteiger partial charge < -0.3 is 9.30 Å². The summed E-state index contributed by atoms with van der Waals surface area (Å²) >= 11 is 0. The Hall–Kier alpha value is -4.07. The third kappa shape index (κ3) is 4.52. The first kappa shape index (κ1) is 23.1. The van der Waals surface area contributed by atoms with Crippen LogP contribution in [0.15, 0.2) is 70.6 Å². The highest BCUT2D eigenvalue weighted by Gasteiger charge is 2.20. The van der Waals surface area contributed by atoms with E-state index in [0.717, 1.165) is 19.3 Å². The largest absolute Gasteiger partial charge is 0.462 e. The van der Waals surface area contributed by atoms with Crippen LogP contribution in [0.5, 0.6) is 0 Å². The Labute approximate surface area is 196 Å². The fraction of sp³-hybridized carbons (Fsp3) is 0.269. The van der Waals surface area contributed by atoms with Gasteiger partial charge in [-0.15, -0.1) is 0 Å². The number of hydrogen-bond donors (Lipinski definition) is 0. The average Bonchev–Trinajstić information content (AvgIpc) is 2.86. The first-order chi connectivity index (χ1) is 16.5. The summed E-state index contributed by atoms with van der Waals surface area (Å²) in [5, 5.41) is 0.259. The molecule has 0 spiro atoms. The Morgan fingerprint density at radius 2 is 1.79 bits per heavy atom. The topological polar surface area (TPSA) is 95.0 Å². The molecule has 0 aliphatic rings. The monoisotopic (exact) mass is 458 g/mol. The van der Waals surface area contributed by atoms with Crippen molar-refractivity contribution in [3.63, 3.8) is 0 Å². The molecule has 0 atom stereocenters. The van der Waals surface area contributed by atoms with Crippen LogP contribution in [0.2, 0.25) is 0 Å². The number of pyridine rings is 2. The maximum absolute atomic E-state index is 13.3. The zero-order valence-electron chi connectivity index (χ0n) is 19.2. The second-order valence-electron chi connectivity index (χ2n) is 7.83. The van der Waals surface area contributed by atoms with Gasteiger partial charge in [0.15, 0.2) is 5.49 Å². The van der Waals surface area contributed by atoms with Gasteiger partial charge in [-0.3, -0.25) is 14.0 Å². The molecule has 4 rings (SSSR count). The van der Waals surface area contributed by atoms with Crippen LogP contribution < -0.4 is 11.0 Å². The van der Waals surface area contributed by atoms with E-state index in [1.807, 2.05) is 6.07 Å². The second-order valence-corrected chi connectivity index (χ2v) is 7.83. The van der Waals surface area contributed by atoms with Crippen LogP contribution in [0.25, 0.3) is 16.7 Å². The van der Waals surface area contributed by atoms with Crippen molar-refractivity contribution < 1.29 is 14.3 Å². The average molecular weight is 459 g/mol. The van der Waals surface area contributed by atoms with Gasteiger partial charge in [-0.25, -0.2) is 9.78 Å². The van der Waals surface area contributed by atoms with Crippen LogP contribution in [-0.2, 0) is 11.3 Å². The zero-order valence-corrected chi connectivity index (χ0v) is 19.2. The number of unbranched alkanes of at least 4 members (excludes halogenated alkanes) is 2. The number of hydrogen-bond acceptors (Lipinski definition) is 5. The van der Waals surface area contributed by atoms with E-state index in [0.29, 0.717) is 23.4 Å². The molecule has 8 heteroatoms. The molecule has 3 aromatic heterocycles. The number of carbonyl (C=O) groups excluding carboxylic acids is 2. The van der Waals surface area contributed by atoms with Crippen molar-refractivity contribution in [1.29, 1.82) is 0 Å². The minimum atomic E-state index is -0.647. The molecule has 0 saturated carbocycles. The van der Waals surface area contributed by atoms with Crippen molar-refractivity contribution in [3.05, 3.63) is 87.8 Å². The van der Waals surface area contributed by atoms with Crippen LogP contribution >= 0.6 is 0 Å². The van der Waals surface area contributed by atoms with E-state index in [-0.39, 0.29) is 28.6 Å². The predicted molar refractivity (Wildman–Crippen MR) is 129 cm³/mol. The van der Waals surface area contributed by atoms with Crippen LogP contribution in [0.1, 0.15) is 53.8 Å². The number of rotatable bonds is 7. The third-order valence-electron chi connectivity index (χ3n) is 5.50. The summed E-state index contributed by atoms with van der Waals surface area (Å²) in [6.07, 6.45) is 4.30. The van der Waals surface area contributed by atoms with Crippen molar-refractivity contribution in [1.82, 2.24) is 14.0 Å². The molecular formula is C26H26N4O4. The fourth-order valence-corrected chi connectivity index (χ4v) is 3.83. The number of amides is 1. The minimum Gasteiger partial charge on any atom is -0.462 e. The summed E-state index contributed by atoms with van der Waals surface area (Å²) in [7, 11) is 0. The van der Waals surface area contributed by atoms with E-state index < -0.39 is 11.9 Å².